The van der Waals surface area contributed by atoms with Crippen LogP contribution in [0.15, 0.2) is 82.1 Å². The Balaban J connectivity index is 1.93. The van der Waals surface area contributed by atoms with E-state index in [2.05, 4.69) is 4.98 Å². The van der Waals surface area contributed by atoms with Gasteiger partial charge in [0.1, 0.15) is 17.3 Å². The number of benzene rings is 3. The van der Waals surface area contributed by atoms with Crippen molar-refractivity contribution >= 4 is 10.0 Å². The summed E-state index contributed by atoms with van der Waals surface area (Å²) >= 11 is 0. The molecule has 0 aliphatic carbocycles. The number of nitrogens with zero attached hydrogens (tertiary/aromatic N) is 1. The van der Waals surface area contributed by atoms with Gasteiger partial charge in [0.2, 0.25) is 10.0 Å². The van der Waals surface area contributed by atoms with Crippen molar-refractivity contribution in [3.63, 3.8) is 0 Å². The second-order valence-corrected chi connectivity index (χ2v) is 8.18. The highest BCUT2D eigenvalue weighted by molar-refractivity contribution is 7.89. The van der Waals surface area contributed by atoms with Crippen molar-refractivity contribution in [2.24, 2.45) is 5.14 Å². The van der Waals surface area contributed by atoms with Crippen molar-refractivity contribution in [2.45, 2.75) is 11.3 Å². The molecule has 30 heavy (non-hydrogen) atoms. The summed E-state index contributed by atoms with van der Waals surface area (Å²) in [6.07, 6.45) is 0.309. The molecule has 4 rings (SSSR count). The van der Waals surface area contributed by atoms with E-state index in [1.807, 2.05) is 30.3 Å². The Morgan fingerprint density at radius 1 is 0.900 bits per heavy atom. The van der Waals surface area contributed by atoms with Gasteiger partial charge in [0.05, 0.1) is 4.90 Å². The van der Waals surface area contributed by atoms with Gasteiger partial charge in [0.15, 0.2) is 11.7 Å². The number of primary sulfonamides is 1. The van der Waals surface area contributed by atoms with Crippen LogP contribution in [0.3, 0.4) is 0 Å². The fourth-order valence-corrected chi connectivity index (χ4v) is 3.92. The van der Waals surface area contributed by atoms with Gasteiger partial charge in [-0.15, -0.1) is 0 Å². The number of halogens is 2. The number of rotatable bonds is 5. The highest BCUT2D eigenvalue weighted by Crippen LogP contribution is 2.36. The predicted octanol–water partition coefficient (Wildman–Crippen LogP) is 4.53. The zero-order valence-corrected chi connectivity index (χ0v) is 16.4. The Morgan fingerprint density at radius 3 is 2.20 bits per heavy atom. The van der Waals surface area contributed by atoms with Gasteiger partial charge < -0.3 is 4.42 Å². The number of sulfonamides is 1. The lowest BCUT2D eigenvalue weighted by molar-refractivity contribution is 0.517. The third-order valence-corrected chi connectivity index (χ3v) is 5.41. The molecule has 0 saturated carbocycles. The van der Waals surface area contributed by atoms with Crippen LogP contribution in [-0.2, 0) is 16.4 Å². The summed E-state index contributed by atoms with van der Waals surface area (Å²) in [5.74, 6) is -1.27. The maximum absolute atomic E-state index is 13.9. The Hall–Kier alpha value is -3.36. The summed E-state index contributed by atoms with van der Waals surface area (Å²) in [5, 5.41) is 5.36. The van der Waals surface area contributed by atoms with Gasteiger partial charge in [0, 0.05) is 23.6 Å². The summed E-state index contributed by atoms with van der Waals surface area (Å²) in [4.78, 5) is 4.29. The largest absolute Gasteiger partial charge is 0.440 e. The van der Waals surface area contributed by atoms with Crippen LogP contribution in [0.1, 0.15) is 11.5 Å². The maximum atomic E-state index is 13.9. The van der Waals surface area contributed by atoms with Crippen LogP contribution in [0.5, 0.6) is 0 Å². The second kappa shape index (κ2) is 7.81. The normalized spacial score (nSPS) is 11.6. The van der Waals surface area contributed by atoms with Crippen LogP contribution in [0, 0.1) is 11.6 Å². The lowest BCUT2D eigenvalue weighted by Crippen LogP contribution is -2.13. The van der Waals surface area contributed by atoms with Gasteiger partial charge in [0.25, 0.3) is 0 Å². The first-order valence-electron chi connectivity index (χ1n) is 8.93. The van der Waals surface area contributed by atoms with E-state index < -0.39 is 21.7 Å². The fraction of sp³-hybridized carbons (Fsp3) is 0.0455. The van der Waals surface area contributed by atoms with E-state index in [-0.39, 0.29) is 33.4 Å². The van der Waals surface area contributed by atoms with E-state index in [1.54, 1.807) is 6.07 Å². The van der Waals surface area contributed by atoms with Crippen LogP contribution in [0.25, 0.3) is 22.6 Å². The topological polar surface area (TPSA) is 86.2 Å². The van der Waals surface area contributed by atoms with E-state index in [4.69, 9.17) is 9.56 Å². The molecule has 0 bridgehead atoms. The van der Waals surface area contributed by atoms with E-state index in [9.17, 15) is 17.2 Å². The molecule has 0 spiro atoms. The predicted molar refractivity (Wildman–Crippen MR) is 108 cm³/mol. The minimum Gasteiger partial charge on any atom is -0.440 e. The van der Waals surface area contributed by atoms with Gasteiger partial charge in [-0.05, 0) is 23.8 Å². The summed E-state index contributed by atoms with van der Waals surface area (Å²) in [7, 11) is -4.08. The Kier molecular flexibility index (Phi) is 5.19. The van der Waals surface area contributed by atoms with Gasteiger partial charge in [-0.2, -0.15) is 0 Å². The van der Waals surface area contributed by atoms with Gasteiger partial charge in [-0.3, -0.25) is 0 Å². The summed E-state index contributed by atoms with van der Waals surface area (Å²) in [6, 6.07) is 18.3. The summed E-state index contributed by atoms with van der Waals surface area (Å²) in [5.41, 5.74) is 1.32. The molecule has 0 atom stereocenters. The highest BCUT2D eigenvalue weighted by atomic mass is 32.2. The van der Waals surface area contributed by atoms with E-state index in [0.717, 1.165) is 23.8 Å². The molecule has 1 aromatic heterocycles. The standard InChI is InChI=1S/C22H16F2N2O3S/c23-16-11-15(12-17(24)13-16)22-21(18-8-4-5-9-19(18)30(25,27)28)26-20(29-22)10-14-6-2-1-3-7-14/h1-9,11-13H,10H2,(H2,25,27,28). The average Bonchev–Trinajstić information content (AvgIpc) is 3.11. The van der Waals surface area contributed by atoms with Crippen molar-refractivity contribution in [1.29, 1.82) is 0 Å². The van der Waals surface area contributed by atoms with E-state index in [0.29, 0.717) is 6.42 Å². The third-order valence-electron chi connectivity index (χ3n) is 4.44. The smallest absolute Gasteiger partial charge is 0.238 e. The summed E-state index contributed by atoms with van der Waals surface area (Å²) < 4.78 is 57.7. The molecule has 1 heterocycles. The zero-order chi connectivity index (χ0) is 21.3. The van der Waals surface area contributed by atoms with Gasteiger partial charge in [-0.25, -0.2) is 27.3 Å². The maximum Gasteiger partial charge on any atom is 0.238 e. The van der Waals surface area contributed by atoms with Crippen LogP contribution < -0.4 is 5.14 Å². The summed E-state index contributed by atoms with van der Waals surface area (Å²) in [6.45, 7) is 0. The lowest BCUT2D eigenvalue weighted by atomic mass is 10.1. The second-order valence-electron chi connectivity index (χ2n) is 6.65. The zero-order valence-electron chi connectivity index (χ0n) is 15.5. The van der Waals surface area contributed by atoms with Crippen LogP contribution in [0.2, 0.25) is 0 Å². The molecule has 5 nitrogen and oxygen atoms in total. The van der Waals surface area contributed by atoms with Gasteiger partial charge >= 0.3 is 0 Å². The highest BCUT2D eigenvalue weighted by Gasteiger charge is 2.23. The molecule has 152 valence electrons. The molecular formula is C22H16F2N2O3S. The van der Waals surface area contributed by atoms with E-state index >= 15 is 0 Å². The Bertz CT molecular complexity index is 1300. The number of hydrogen-bond donors (Lipinski definition) is 1. The van der Waals surface area contributed by atoms with Crippen LogP contribution in [-0.4, -0.2) is 13.4 Å². The molecule has 2 N–H and O–H groups in total. The first-order valence-corrected chi connectivity index (χ1v) is 10.5. The molecule has 0 aliphatic rings. The van der Waals surface area contributed by atoms with Crippen molar-refractivity contribution in [3.05, 3.63) is 95.9 Å². The molecule has 0 saturated heterocycles. The molecular weight excluding hydrogens is 410 g/mol. The Morgan fingerprint density at radius 2 is 1.53 bits per heavy atom. The van der Waals surface area contributed by atoms with E-state index in [1.165, 1.54) is 18.2 Å². The lowest BCUT2D eigenvalue weighted by Gasteiger charge is -2.07. The third kappa shape index (κ3) is 4.14. The minimum absolute atomic E-state index is 0.0513. The quantitative estimate of drug-likeness (QED) is 0.508. The molecule has 0 fully saturated rings. The van der Waals surface area contributed by atoms with Crippen molar-refractivity contribution in [3.8, 4) is 22.6 Å². The molecule has 0 radical (unpaired) electrons. The van der Waals surface area contributed by atoms with Crippen molar-refractivity contribution < 1.29 is 21.6 Å². The average molecular weight is 426 g/mol. The first kappa shape index (κ1) is 19.9. The SMILES string of the molecule is NS(=O)(=O)c1ccccc1-c1nc(Cc2ccccc2)oc1-c1cc(F)cc(F)c1. The minimum atomic E-state index is -4.08. The van der Waals surface area contributed by atoms with Crippen LogP contribution >= 0.6 is 0 Å². The first-order chi connectivity index (χ1) is 14.3. The molecule has 0 amide bonds. The fourth-order valence-electron chi connectivity index (χ4n) is 3.18. The number of aromatic nitrogens is 1. The monoisotopic (exact) mass is 426 g/mol. The molecule has 3 aromatic carbocycles. The molecule has 8 heteroatoms. The van der Waals surface area contributed by atoms with Crippen LogP contribution in [0.4, 0.5) is 8.78 Å². The number of oxazole rings is 1. The molecule has 0 aliphatic heterocycles. The number of hydrogen-bond acceptors (Lipinski definition) is 4. The van der Waals surface area contributed by atoms with Crippen molar-refractivity contribution in [2.75, 3.05) is 0 Å². The number of nitrogens with two attached hydrogens (primary N) is 1. The van der Waals surface area contributed by atoms with Gasteiger partial charge in [-0.1, -0.05) is 48.5 Å². The molecule has 4 aromatic rings. The Labute approximate surface area is 171 Å². The van der Waals surface area contributed by atoms with Crippen molar-refractivity contribution in [1.82, 2.24) is 4.98 Å². The molecule has 0 unspecified atom stereocenters.